The highest BCUT2D eigenvalue weighted by molar-refractivity contribution is 7.88. The summed E-state index contributed by atoms with van der Waals surface area (Å²) in [5.74, 6) is -4.03. The van der Waals surface area contributed by atoms with Crippen LogP contribution in [-0.2, 0) is 15.8 Å². The van der Waals surface area contributed by atoms with E-state index in [0.717, 1.165) is 16.9 Å². The molecule has 4 rings (SSSR count). The fourth-order valence-electron chi connectivity index (χ4n) is 4.65. The van der Waals surface area contributed by atoms with Crippen molar-refractivity contribution >= 4 is 42.7 Å². The number of aliphatic hydroxyl groups excluding tert-OH is 1. The Kier molecular flexibility index (Phi) is 6.73. The average Bonchev–Trinajstić information content (AvgIpc) is 2.74. The number of rotatable bonds is 5. The lowest BCUT2D eigenvalue weighted by atomic mass is 9.71. The normalized spacial score (nSPS) is 26.0. The highest BCUT2D eigenvalue weighted by Crippen LogP contribution is 2.34. The van der Waals surface area contributed by atoms with Gasteiger partial charge in [0.2, 0.25) is 21.8 Å². The van der Waals surface area contributed by atoms with E-state index >= 15 is 0 Å². The molecule has 35 heavy (non-hydrogen) atoms. The Morgan fingerprint density at radius 3 is 2.54 bits per heavy atom. The van der Waals surface area contributed by atoms with E-state index in [9.17, 15) is 31.5 Å². The lowest BCUT2D eigenvalue weighted by Gasteiger charge is -2.39. The molecule has 2 N–H and O–H groups in total. The summed E-state index contributed by atoms with van der Waals surface area (Å²) >= 11 is 0. The van der Waals surface area contributed by atoms with Crippen LogP contribution in [0, 0.1) is 0 Å². The smallest absolute Gasteiger partial charge is 0.260 e. The molecule has 1 saturated carbocycles. The zero-order valence-corrected chi connectivity index (χ0v) is 19.8. The molecule has 4 radical (unpaired) electrons. The summed E-state index contributed by atoms with van der Waals surface area (Å²) in [6.45, 7) is 0.331. The lowest BCUT2D eigenvalue weighted by molar-refractivity contribution is 0.0539. The van der Waals surface area contributed by atoms with Crippen LogP contribution in [0.4, 0.5) is 19.1 Å². The van der Waals surface area contributed by atoms with Crippen LogP contribution in [-0.4, -0.2) is 85.1 Å². The first-order chi connectivity index (χ1) is 16.2. The summed E-state index contributed by atoms with van der Waals surface area (Å²) in [5, 5.41) is 13.0. The van der Waals surface area contributed by atoms with Crippen LogP contribution in [0.3, 0.4) is 0 Å². The van der Waals surface area contributed by atoms with Crippen molar-refractivity contribution in [3.05, 3.63) is 28.2 Å². The molecule has 3 atom stereocenters. The largest absolute Gasteiger partial charge is 0.393 e. The van der Waals surface area contributed by atoms with Crippen molar-refractivity contribution in [1.82, 2.24) is 18.8 Å². The number of hydrogen-bond donors (Lipinski definition) is 2. The molecule has 3 heterocycles. The second kappa shape index (κ2) is 9.07. The van der Waals surface area contributed by atoms with Gasteiger partial charge in [0.25, 0.3) is 5.56 Å². The Morgan fingerprint density at radius 1 is 1.29 bits per heavy atom. The van der Waals surface area contributed by atoms with Gasteiger partial charge in [-0.25, -0.2) is 30.9 Å². The molecule has 1 saturated heterocycles. The van der Waals surface area contributed by atoms with Gasteiger partial charge in [-0.2, -0.15) is 4.98 Å². The first-order valence-corrected chi connectivity index (χ1v) is 13.0. The van der Waals surface area contributed by atoms with Crippen molar-refractivity contribution in [3.63, 3.8) is 0 Å². The predicted octanol–water partition coefficient (Wildman–Crippen LogP) is 0.765. The van der Waals surface area contributed by atoms with E-state index in [1.807, 2.05) is 0 Å². The number of pyridine rings is 1. The van der Waals surface area contributed by atoms with Gasteiger partial charge in [0.1, 0.15) is 19.7 Å². The van der Waals surface area contributed by atoms with E-state index in [-0.39, 0.29) is 62.2 Å². The number of piperidine rings is 1. The summed E-state index contributed by atoms with van der Waals surface area (Å²) in [4.78, 5) is 21.5. The lowest BCUT2D eigenvalue weighted by Crippen LogP contribution is -2.51. The van der Waals surface area contributed by atoms with Gasteiger partial charge in [-0.15, -0.1) is 0 Å². The predicted molar refractivity (Wildman–Crippen MR) is 125 cm³/mol. The third-order valence-corrected chi connectivity index (χ3v) is 7.92. The van der Waals surface area contributed by atoms with Crippen molar-refractivity contribution < 1.29 is 26.7 Å². The third kappa shape index (κ3) is 5.36. The number of hydrogen-bond acceptors (Lipinski definition) is 7. The first kappa shape index (κ1) is 26.0. The summed E-state index contributed by atoms with van der Waals surface area (Å²) in [5.41, 5.74) is -3.43. The zero-order valence-electron chi connectivity index (χ0n) is 19.0. The van der Waals surface area contributed by atoms with Gasteiger partial charge in [0.05, 0.1) is 24.0 Å². The van der Waals surface area contributed by atoms with Crippen molar-refractivity contribution in [1.29, 1.82) is 0 Å². The fraction of sp³-hybridized carbons (Fsp3) is 0.650. The molecule has 2 aromatic heterocycles. The van der Waals surface area contributed by atoms with E-state index in [2.05, 4.69) is 15.3 Å². The number of aromatic nitrogens is 3. The number of halogens is 3. The van der Waals surface area contributed by atoms with Crippen molar-refractivity contribution in [2.24, 2.45) is 0 Å². The van der Waals surface area contributed by atoms with Crippen LogP contribution in [0.25, 0.3) is 11.0 Å². The average molecular weight is 509 g/mol. The molecule has 0 amide bonds. The minimum Gasteiger partial charge on any atom is -0.393 e. The van der Waals surface area contributed by atoms with Gasteiger partial charge in [0, 0.05) is 30.1 Å². The molecule has 1 aliphatic carbocycles. The van der Waals surface area contributed by atoms with Gasteiger partial charge in [-0.05, 0) is 38.2 Å². The number of aliphatic hydroxyl groups is 1. The summed E-state index contributed by atoms with van der Waals surface area (Å²) < 4.78 is 68.6. The molecule has 0 aromatic carbocycles. The monoisotopic (exact) mass is 509 g/mol. The summed E-state index contributed by atoms with van der Waals surface area (Å²) in [6, 6.07) is -0.364. The van der Waals surface area contributed by atoms with Gasteiger partial charge in [0.15, 0.2) is 7.85 Å². The van der Waals surface area contributed by atoms with E-state index in [1.165, 1.54) is 10.5 Å². The minimum absolute atomic E-state index is 0.0282. The van der Waals surface area contributed by atoms with Crippen LogP contribution >= 0.6 is 0 Å². The zero-order chi connectivity index (χ0) is 25.8. The number of nitrogens with zero attached hydrogens (tertiary/aromatic N) is 4. The first-order valence-electron chi connectivity index (χ1n) is 11.1. The second-order valence-electron chi connectivity index (χ2n) is 9.32. The van der Waals surface area contributed by atoms with Gasteiger partial charge in [-0.1, -0.05) is 0 Å². The van der Waals surface area contributed by atoms with E-state index in [4.69, 9.17) is 15.7 Å². The molecule has 0 unspecified atom stereocenters. The molecule has 2 fully saturated rings. The SMILES string of the molecule is [B]C1(Nc2ncc3cc(C([B])(F)F)c(=O)n([C@H]4C[C@H](O)CC[C@@H]4F)c3n2)CCN(S(C)(=O)=O)CC1. The number of anilines is 1. The van der Waals surface area contributed by atoms with Crippen LogP contribution < -0.4 is 10.9 Å². The molecule has 186 valence electrons. The van der Waals surface area contributed by atoms with Crippen molar-refractivity contribution in [3.8, 4) is 0 Å². The maximum atomic E-state index is 14.9. The highest BCUT2D eigenvalue weighted by atomic mass is 32.2. The van der Waals surface area contributed by atoms with Crippen LogP contribution in [0.2, 0.25) is 0 Å². The fourth-order valence-corrected chi connectivity index (χ4v) is 5.49. The quantitative estimate of drug-likeness (QED) is 0.572. The molecule has 2 aliphatic rings. The molecule has 1 aliphatic heterocycles. The Labute approximate surface area is 203 Å². The summed E-state index contributed by atoms with van der Waals surface area (Å²) in [6.07, 6.45) is 0.233. The van der Waals surface area contributed by atoms with Crippen molar-refractivity contribution in [2.45, 2.75) is 61.7 Å². The highest BCUT2D eigenvalue weighted by Gasteiger charge is 2.37. The Bertz CT molecular complexity index is 1280. The third-order valence-electron chi connectivity index (χ3n) is 6.62. The standard InChI is InChI=1S/C20H24B2F3N5O4S/c1-35(33,34)29-6-4-19(21,5-7-29)28-18-26-10-11-8-13(20(22,24)25)17(32)30(16(11)27-18)15-9-12(31)2-3-14(15)23/h8,10,12,14-15,31H,2-7,9H2,1H3,(H,26,27,28)/t12-,14+,15+/m1/s1. The Balaban J connectivity index is 1.76. The van der Waals surface area contributed by atoms with Gasteiger partial charge >= 0.3 is 0 Å². The molecule has 0 bridgehead atoms. The van der Waals surface area contributed by atoms with E-state index in [0.29, 0.717) is 0 Å². The molecule has 15 heteroatoms. The molecular weight excluding hydrogens is 485 g/mol. The molecule has 2 aromatic rings. The maximum absolute atomic E-state index is 14.9. The number of sulfonamides is 1. The minimum atomic E-state index is -3.99. The van der Waals surface area contributed by atoms with Crippen LogP contribution in [0.15, 0.2) is 17.1 Å². The van der Waals surface area contributed by atoms with E-state index in [1.54, 1.807) is 0 Å². The Morgan fingerprint density at radius 2 is 1.94 bits per heavy atom. The van der Waals surface area contributed by atoms with Crippen molar-refractivity contribution in [2.75, 3.05) is 24.7 Å². The van der Waals surface area contributed by atoms with Crippen LogP contribution in [0.5, 0.6) is 0 Å². The van der Waals surface area contributed by atoms with E-state index < -0.39 is 50.7 Å². The number of alkyl halides is 3. The van der Waals surface area contributed by atoms with Gasteiger partial charge in [-0.3, -0.25) is 9.36 Å². The Hall–Kier alpha value is -2.12. The summed E-state index contributed by atoms with van der Waals surface area (Å²) in [7, 11) is 7.93. The molecule has 0 spiro atoms. The second-order valence-corrected chi connectivity index (χ2v) is 11.3. The number of fused-ring (bicyclic) bond motifs is 1. The van der Waals surface area contributed by atoms with Crippen LogP contribution in [0.1, 0.15) is 43.7 Å². The molecule has 9 nitrogen and oxygen atoms in total. The van der Waals surface area contributed by atoms with Gasteiger partial charge < -0.3 is 10.4 Å². The maximum Gasteiger partial charge on any atom is 0.260 e. The molecular formula is C20H24B2F3N5O4S. The number of nitrogens with one attached hydrogen (secondary N) is 1. The topological polar surface area (TPSA) is 117 Å².